The summed E-state index contributed by atoms with van der Waals surface area (Å²) in [6.07, 6.45) is 3.09. The molecule has 3 heteroatoms. The van der Waals surface area contributed by atoms with E-state index in [4.69, 9.17) is 9.47 Å². The molecule has 1 aromatic carbocycles. The molecule has 0 unspecified atom stereocenters. The zero-order valence-corrected chi connectivity index (χ0v) is 18.1. The molecule has 1 saturated heterocycles. The quantitative estimate of drug-likeness (QED) is 0.471. The Hall–Kier alpha value is -0.643. The monoisotopic (exact) mass is 362 g/mol. The van der Waals surface area contributed by atoms with Crippen molar-refractivity contribution in [3.8, 4) is 0 Å². The molecule has 1 aromatic rings. The van der Waals surface area contributed by atoms with Crippen molar-refractivity contribution in [2.75, 3.05) is 6.61 Å². The van der Waals surface area contributed by atoms with E-state index < -0.39 is 8.07 Å². The Morgan fingerprint density at radius 2 is 1.48 bits per heavy atom. The third-order valence-corrected chi connectivity index (χ3v) is 14.0. The zero-order chi connectivity index (χ0) is 18.4. The Labute approximate surface area is 156 Å². The highest BCUT2D eigenvalue weighted by Crippen LogP contribution is 2.46. The average Bonchev–Trinajstić information content (AvgIpc) is 3.00. The van der Waals surface area contributed by atoms with Gasteiger partial charge in [0.05, 0.1) is 33.5 Å². The lowest BCUT2D eigenvalue weighted by Gasteiger charge is -2.44. The first-order valence-corrected chi connectivity index (χ1v) is 12.6. The van der Waals surface area contributed by atoms with Crippen LogP contribution in [-0.2, 0) is 16.1 Å². The maximum atomic E-state index is 6.42. The largest absolute Gasteiger partial charge is 0.374 e. The van der Waals surface area contributed by atoms with Crippen LogP contribution in [0.2, 0.25) is 22.7 Å². The third kappa shape index (κ3) is 5.18. The van der Waals surface area contributed by atoms with Crippen molar-refractivity contribution in [3.63, 3.8) is 0 Å². The Morgan fingerprint density at radius 1 is 0.920 bits per heavy atom. The van der Waals surface area contributed by atoms with E-state index in [2.05, 4.69) is 65.8 Å². The molecular formula is C22H38O2Si. The van der Waals surface area contributed by atoms with Gasteiger partial charge in [-0.1, -0.05) is 88.5 Å². The summed E-state index contributed by atoms with van der Waals surface area (Å²) in [6, 6.07) is 11.7. The number of hydrogen-bond donors (Lipinski definition) is 0. The highest BCUT2D eigenvalue weighted by molar-refractivity contribution is 6.83. The first kappa shape index (κ1) is 20.7. The third-order valence-electron chi connectivity index (χ3n) is 6.42. The number of rotatable bonds is 9. The number of benzene rings is 1. The van der Waals surface area contributed by atoms with Gasteiger partial charge >= 0.3 is 0 Å². The van der Waals surface area contributed by atoms with E-state index >= 15 is 0 Å². The van der Waals surface area contributed by atoms with E-state index in [1.54, 1.807) is 0 Å². The van der Waals surface area contributed by atoms with E-state index in [1.807, 2.05) is 6.07 Å². The van der Waals surface area contributed by atoms with E-state index in [0.29, 0.717) is 12.7 Å². The van der Waals surface area contributed by atoms with Crippen molar-refractivity contribution in [2.24, 2.45) is 0 Å². The standard InChI is InChI=1S/C22H38O2Si/c1-17(2)25(18(3)4,19(5)6)16-22-13-12-21(24-22)15-23-14-20-10-8-7-9-11-20/h7-11,17-19,21-22H,12-16H2,1-6H3/t21-,22-/m0/s1. The molecule has 2 atom stereocenters. The van der Waals surface area contributed by atoms with Crippen molar-refractivity contribution >= 4 is 8.07 Å². The molecule has 1 heterocycles. The summed E-state index contributed by atoms with van der Waals surface area (Å²) in [5.74, 6) is 0. The van der Waals surface area contributed by atoms with Crippen molar-refractivity contribution in [1.29, 1.82) is 0 Å². The minimum Gasteiger partial charge on any atom is -0.374 e. The maximum Gasteiger partial charge on any atom is 0.0813 e. The van der Waals surface area contributed by atoms with E-state index in [-0.39, 0.29) is 6.10 Å². The highest BCUT2D eigenvalue weighted by Gasteiger charge is 2.45. The molecule has 0 bridgehead atoms. The summed E-state index contributed by atoms with van der Waals surface area (Å²) in [6.45, 7) is 16.1. The van der Waals surface area contributed by atoms with Gasteiger partial charge in [-0.15, -0.1) is 0 Å². The minimum atomic E-state index is -1.37. The Balaban J connectivity index is 1.84. The van der Waals surface area contributed by atoms with Gasteiger partial charge in [0.2, 0.25) is 0 Å². The van der Waals surface area contributed by atoms with Crippen LogP contribution in [0, 0.1) is 0 Å². The first-order valence-electron chi connectivity index (χ1n) is 10.1. The Morgan fingerprint density at radius 3 is 2.04 bits per heavy atom. The Bertz CT molecular complexity index is 476. The van der Waals surface area contributed by atoms with Gasteiger partial charge < -0.3 is 9.47 Å². The molecule has 2 nitrogen and oxygen atoms in total. The van der Waals surface area contributed by atoms with Gasteiger partial charge in [0.15, 0.2) is 0 Å². The van der Waals surface area contributed by atoms with E-state index in [9.17, 15) is 0 Å². The van der Waals surface area contributed by atoms with Crippen molar-refractivity contribution in [1.82, 2.24) is 0 Å². The molecule has 0 aliphatic carbocycles. The van der Waals surface area contributed by atoms with Crippen LogP contribution >= 0.6 is 0 Å². The van der Waals surface area contributed by atoms with Crippen LogP contribution in [0.4, 0.5) is 0 Å². The second kappa shape index (κ2) is 9.34. The summed E-state index contributed by atoms with van der Waals surface area (Å²) < 4.78 is 12.3. The van der Waals surface area contributed by atoms with E-state index in [1.165, 1.54) is 18.0 Å². The second-order valence-corrected chi connectivity index (χ2v) is 14.8. The Kier molecular flexibility index (Phi) is 7.72. The summed E-state index contributed by atoms with van der Waals surface area (Å²) in [5, 5.41) is 0. The molecule has 0 aromatic heterocycles. The van der Waals surface area contributed by atoms with Crippen LogP contribution < -0.4 is 0 Å². The fraction of sp³-hybridized carbons (Fsp3) is 0.727. The molecule has 0 saturated carbocycles. The predicted octanol–water partition coefficient (Wildman–Crippen LogP) is 6.43. The van der Waals surface area contributed by atoms with Gasteiger partial charge in [0.25, 0.3) is 0 Å². The number of hydrogen-bond acceptors (Lipinski definition) is 2. The molecule has 0 amide bonds. The molecule has 1 aliphatic heterocycles. The van der Waals surface area contributed by atoms with Crippen LogP contribution in [0.15, 0.2) is 30.3 Å². The van der Waals surface area contributed by atoms with Crippen molar-refractivity contribution in [3.05, 3.63) is 35.9 Å². The minimum absolute atomic E-state index is 0.284. The normalized spacial score (nSPS) is 21.6. The summed E-state index contributed by atoms with van der Waals surface area (Å²) >= 11 is 0. The van der Waals surface area contributed by atoms with Crippen molar-refractivity contribution < 1.29 is 9.47 Å². The smallest absolute Gasteiger partial charge is 0.0813 e. The topological polar surface area (TPSA) is 18.5 Å². The van der Waals surface area contributed by atoms with Gasteiger partial charge in [-0.25, -0.2) is 0 Å². The molecule has 0 spiro atoms. The van der Waals surface area contributed by atoms with Crippen LogP contribution in [0.3, 0.4) is 0 Å². The van der Waals surface area contributed by atoms with Crippen LogP contribution in [-0.4, -0.2) is 26.9 Å². The first-order chi connectivity index (χ1) is 11.9. The summed E-state index contributed by atoms with van der Waals surface area (Å²) in [7, 11) is -1.37. The SMILES string of the molecule is CC(C)[Si](C[C@@H]1CC[C@@H](COCc2ccccc2)O1)(C(C)C)C(C)C. The molecule has 25 heavy (non-hydrogen) atoms. The van der Waals surface area contributed by atoms with Gasteiger partial charge in [-0.2, -0.15) is 0 Å². The van der Waals surface area contributed by atoms with Gasteiger partial charge in [0, 0.05) is 0 Å². The molecule has 142 valence electrons. The van der Waals surface area contributed by atoms with Gasteiger partial charge in [-0.05, 0) is 24.4 Å². The highest BCUT2D eigenvalue weighted by atomic mass is 28.3. The zero-order valence-electron chi connectivity index (χ0n) is 17.1. The fourth-order valence-electron chi connectivity index (χ4n) is 5.04. The average molecular weight is 363 g/mol. The lowest BCUT2D eigenvalue weighted by molar-refractivity contribution is -0.0148. The lowest BCUT2D eigenvalue weighted by Crippen LogP contribution is -2.47. The molecule has 0 radical (unpaired) electrons. The fourth-order valence-corrected chi connectivity index (χ4v) is 11.5. The van der Waals surface area contributed by atoms with Crippen LogP contribution in [0.5, 0.6) is 0 Å². The van der Waals surface area contributed by atoms with Crippen molar-refractivity contribution in [2.45, 2.75) is 95.9 Å². The molecule has 0 N–H and O–H groups in total. The molecule has 1 aliphatic rings. The molecule has 2 rings (SSSR count). The molecular weight excluding hydrogens is 324 g/mol. The van der Waals surface area contributed by atoms with Gasteiger partial charge in [-0.3, -0.25) is 0 Å². The van der Waals surface area contributed by atoms with E-state index in [0.717, 1.165) is 29.7 Å². The summed E-state index contributed by atoms with van der Waals surface area (Å²) in [5.41, 5.74) is 3.67. The van der Waals surface area contributed by atoms with Crippen LogP contribution in [0.1, 0.15) is 59.9 Å². The predicted molar refractivity (Wildman–Crippen MR) is 110 cm³/mol. The molecule has 1 fully saturated rings. The number of ether oxygens (including phenoxy) is 2. The summed E-state index contributed by atoms with van der Waals surface area (Å²) in [4.78, 5) is 0. The second-order valence-electron chi connectivity index (χ2n) is 8.74. The van der Waals surface area contributed by atoms with Crippen LogP contribution in [0.25, 0.3) is 0 Å². The maximum absolute atomic E-state index is 6.42. The lowest BCUT2D eigenvalue weighted by atomic mass is 10.2. The van der Waals surface area contributed by atoms with Gasteiger partial charge in [0.1, 0.15) is 0 Å².